The first-order valence-electron chi connectivity index (χ1n) is 13.5. The van der Waals surface area contributed by atoms with E-state index in [0.29, 0.717) is 32.0 Å². The molecule has 0 spiro atoms. The number of ether oxygens (including phenoxy) is 2. The fourth-order valence-corrected chi connectivity index (χ4v) is 5.34. The molecule has 1 aromatic carbocycles. The Balaban J connectivity index is 1.68. The summed E-state index contributed by atoms with van der Waals surface area (Å²) < 4.78 is 38.1. The van der Waals surface area contributed by atoms with Gasteiger partial charge in [0.25, 0.3) is 5.91 Å². The van der Waals surface area contributed by atoms with Crippen molar-refractivity contribution >= 4 is 32.8 Å². The first-order chi connectivity index (χ1) is 19.8. The molecule has 216 valence electrons. The van der Waals surface area contributed by atoms with Gasteiger partial charge in [-0.15, -0.1) is 0 Å². The Morgan fingerprint density at radius 3 is 2.34 bits per heavy atom. The van der Waals surface area contributed by atoms with Crippen LogP contribution in [-0.2, 0) is 19.5 Å². The molecule has 1 aliphatic rings. The van der Waals surface area contributed by atoms with Crippen LogP contribution in [0.5, 0.6) is 0 Å². The molecule has 0 saturated heterocycles. The third-order valence-electron chi connectivity index (χ3n) is 7.18. The molecular weight excluding hydrogens is 544 g/mol. The van der Waals surface area contributed by atoms with E-state index in [2.05, 4.69) is 9.88 Å². The predicted octanol–water partition coefficient (Wildman–Crippen LogP) is 3.54. The molecule has 11 nitrogen and oxygen atoms in total. The highest BCUT2D eigenvalue weighted by Crippen LogP contribution is 2.42. The van der Waals surface area contributed by atoms with Gasteiger partial charge in [-0.3, -0.25) is 4.79 Å². The fraction of sp³-hybridized carbons (Fsp3) is 0.379. The first kappa shape index (κ1) is 28.7. The third-order valence-corrected chi connectivity index (χ3v) is 7.74. The van der Waals surface area contributed by atoms with Crippen LogP contribution in [0, 0.1) is 0 Å². The number of nitrogens with one attached hydrogen (secondary N) is 1. The fourth-order valence-electron chi connectivity index (χ4n) is 4.90. The molecule has 4 aromatic rings. The van der Waals surface area contributed by atoms with Crippen molar-refractivity contribution < 1.29 is 22.7 Å². The molecule has 1 fully saturated rings. The number of anilines is 1. The number of methoxy groups -OCH3 is 2. The molecule has 12 heteroatoms. The van der Waals surface area contributed by atoms with Crippen LogP contribution in [0.25, 0.3) is 27.8 Å². The van der Waals surface area contributed by atoms with E-state index in [1.807, 2.05) is 47.2 Å². The van der Waals surface area contributed by atoms with Crippen molar-refractivity contribution in [3.63, 3.8) is 0 Å². The quantitative estimate of drug-likeness (QED) is 0.268. The maximum Gasteiger partial charge on any atom is 0.283 e. The molecule has 1 N–H and O–H groups in total. The van der Waals surface area contributed by atoms with Gasteiger partial charge < -0.3 is 14.4 Å². The average molecular weight is 579 g/mol. The molecule has 1 aliphatic carbocycles. The highest BCUT2D eigenvalue weighted by atomic mass is 32.2. The summed E-state index contributed by atoms with van der Waals surface area (Å²) in [6.07, 6.45) is 5.86. The summed E-state index contributed by atoms with van der Waals surface area (Å²) in [4.78, 5) is 24.6. The number of carbonyl (C=O) groups is 1. The van der Waals surface area contributed by atoms with E-state index in [1.54, 1.807) is 31.2 Å². The molecule has 0 unspecified atom stereocenters. The molecule has 3 heterocycles. The number of benzene rings is 1. The molecule has 0 atom stereocenters. The minimum Gasteiger partial charge on any atom is -0.383 e. The zero-order valence-electron chi connectivity index (χ0n) is 23.4. The van der Waals surface area contributed by atoms with Crippen molar-refractivity contribution in [2.24, 2.45) is 0 Å². The number of hydrogen-bond acceptors (Lipinski definition) is 9. The smallest absolute Gasteiger partial charge is 0.283 e. The van der Waals surface area contributed by atoms with Crippen molar-refractivity contribution in [2.45, 2.75) is 25.2 Å². The van der Waals surface area contributed by atoms with E-state index in [-0.39, 0.29) is 11.6 Å². The van der Waals surface area contributed by atoms with E-state index in [0.717, 1.165) is 59.2 Å². The molecular formula is C29H34N6O5S. The summed E-state index contributed by atoms with van der Waals surface area (Å²) in [6.45, 7) is 2.38. The van der Waals surface area contributed by atoms with Gasteiger partial charge in [-0.1, -0.05) is 24.6 Å². The maximum absolute atomic E-state index is 13.1. The molecule has 41 heavy (non-hydrogen) atoms. The Morgan fingerprint density at radius 2 is 1.78 bits per heavy atom. The SMILES string of the molecule is COCCN(CCOC)c1ccc(-c2cc(C(=O)NS(C)(=O)=O)nc3c2c(C2CCC2)nn3-c2ccccc2)cn1. The van der Waals surface area contributed by atoms with Crippen LogP contribution < -0.4 is 9.62 Å². The van der Waals surface area contributed by atoms with Crippen molar-refractivity contribution in [1.82, 2.24) is 24.5 Å². The number of aromatic nitrogens is 4. The van der Waals surface area contributed by atoms with Crippen molar-refractivity contribution in [3.05, 3.63) is 66.1 Å². The number of nitrogens with zero attached hydrogens (tertiary/aromatic N) is 5. The Morgan fingerprint density at radius 1 is 1.07 bits per heavy atom. The van der Waals surface area contributed by atoms with E-state index in [4.69, 9.17) is 19.6 Å². The van der Waals surface area contributed by atoms with Gasteiger partial charge in [-0.2, -0.15) is 5.10 Å². The second-order valence-corrected chi connectivity index (χ2v) is 11.8. The highest BCUT2D eigenvalue weighted by molar-refractivity contribution is 7.89. The van der Waals surface area contributed by atoms with Gasteiger partial charge in [0.15, 0.2) is 5.65 Å². The van der Waals surface area contributed by atoms with Crippen LogP contribution >= 0.6 is 0 Å². The molecule has 1 amide bonds. The summed E-state index contributed by atoms with van der Waals surface area (Å²) in [5.41, 5.74) is 3.65. The van der Waals surface area contributed by atoms with Crippen molar-refractivity contribution in [2.75, 3.05) is 51.7 Å². The summed E-state index contributed by atoms with van der Waals surface area (Å²) in [5.74, 6) is 0.225. The lowest BCUT2D eigenvalue weighted by Gasteiger charge is -2.24. The number of rotatable bonds is 12. The molecule has 1 saturated carbocycles. The molecule has 0 radical (unpaired) electrons. The minimum absolute atomic E-state index is 0.0268. The van der Waals surface area contributed by atoms with Gasteiger partial charge >= 0.3 is 0 Å². The van der Waals surface area contributed by atoms with Crippen LogP contribution in [-0.4, -0.2) is 80.9 Å². The van der Waals surface area contributed by atoms with Gasteiger partial charge in [-0.05, 0) is 48.7 Å². The van der Waals surface area contributed by atoms with E-state index >= 15 is 0 Å². The Bertz CT molecular complexity index is 1610. The highest BCUT2D eigenvalue weighted by Gasteiger charge is 2.29. The topological polar surface area (TPSA) is 129 Å². The number of pyridine rings is 2. The van der Waals surface area contributed by atoms with Crippen molar-refractivity contribution in [3.8, 4) is 16.8 Å². The summed E-state index contributed by atoms with van der Waals surface area (Å²) in [6, 6.07) is 15.1. The largest absolute Gasteiger partial charge is 0.383 e. The molecule has 0 bridgehead atoms. The van der Waals surface area contributed by atoms with Gasteiger partial charge in [0.2, 0.25) is 10.0 Å². The van der Waals surface area contributed by atoms with E-state index < -0.39 is 15.9 Å². The Kier molecular flexibility index (Phi) is 8.62. The third kappa shape index (κ3) is 6.39. The summed E-state index contributed by atoms with van der Waals surface area (Å²) >= 11 is 0. The summed E-state index contributed by atoms with van der Waals surface area (Å²) in [7, 11) is -0.480. The second kappa shape index (κ2) is 12.3. The van der Waals surface area contributed by atoms with Crippen LogP contribution in [0.4, 0.5) is 5.82 Å². The minimum atomic E-state index is -3.80. The standard InChI is InChI=1S/C29H34N6O5S/c1-39-16-14-34(15-17-40-2)25-13-12-21(19-30-25)23-18-24(29(36)33-41(3,37)38)31-28-26(23)27(20-8-7-9-20)32-35(28)22-10-5-4-6-11-22/h4-6,10-13,18-20H,7-9,14-17H2,1-3H3,(H,33,36). The average Bonchev–Trinajstić information content (AvgIpc) is 3.30. The van der Waals surface area contributed by atoms with Crippen molar-refractivity contribution in [1.29, 1.82) is 0 Å². The van der Waals surface area contributed by atoms with Crippen LogP contribution in [0.3, 0.4) is 0 Å². The number of para-hydroxylation sites is 1. The molecule has 0 aliphatic heterocycles. The number of carbonyl (C=O) groups excluding carboxylic acids is 1. The monoisotopic (exact) mass is 578 g/mol. The number of hydrogen-bond donors (Lipinski definition) is 1. The number of fused-ring (bicyclic) bond motifs is 1. The zero-order chi connectivity index (χ0) is 29.0. The normalized spacial score (nSPS) is 13.7. The van der Waals surface area contributed by atoms with Crippen LogP contribution in [0.1, 0.15) is 41.4 Å². The van der Waals surface area contributed by atoms with Crippen LogP contribution in [0.2, 0.25) is 0 Å². The van der Waals surface area contributed by atoms with Gasteiger partial charge in [0.1, 0.15) is 11.5 Å². The second-order valence-electron chi connectivity index (χ2n) is 10.1. The van der Waals surface area contributed by atoms with Gasteiger partial charge in [0, 0.05) is 45.0 Å². The maximum atomic E-state index is 13.1. The van der Waals surface area contributed by atoms with Crippen LogP contribution in [0.15, 0.2) is 54.7 Å². The van der Waals surface area contributed by atoms with Gasteiger partial charge in [-0.25, -0.2) is 27.8 Å². The molecule has 5 rings (SSSR count). The Hall–Kier alpha value is -3.87. The zero-order valence-corrected chi connectivity index (χ0v) is 24.2. The van der Waals surface area contributed by atoms with E-state index in [1.165, 1.54) is 0 Å². The lowest BCUT2D eigenvalue weighted by atomic mass is 9.81. The number of sulfonamides is 1. The van der Waals surface area contributed by atoms with E-state index in [9.17, 15) is 13.2 Å². The first-order valence-corrected chi connectivity index (χ1v) is 15.4. The lowest BCUT2D eigenvalue weighted by Crippen LogP contribution is -2.31. The number of amides is 1. The lowest BCUT2D eigenvalue weighted by molar-refractivity contribution is 0.0977. The van der Waals surface area contributed by atoms with Gasteiger partial charge in [0.05, 0.1) is 36.2 Å². The predicted molar refractivity (Wildman–Crippen MR) is 157 cm³/mol. The summed E-state index contributed by atoms with van der Waals surface area (Å²) in [5, 5.41) is 5.84. The molecule has 3 aromatic heterocycles. The Labute approximate surface area is 239 Å².